The summed E-state index contributed by atoms with van der Waals surface area (Å²) in [6.45, 7) is 4.64. The average molecular weight is 336 g/mol. The van der Waals surface area contributed by atoms with Crippen LogP contribution in [0.15, 0.2) is 97.1 Å². The Labute approximate surface area is 156 Å². The van der Waals surface area contributed by atoms with Crippen LogP contribution in [0.25, 0.3) is 27.8 Å². The van der Waals surface area contributed by atoms with Gasteiger partial charge in [-0.15, -0.1) is 0 Å². The van der Waals surface area contributed by atoms with Crippen LogP contribution in [-0.2, 0) is 0 Å². The molecule has 0 saturated carbocycles. The van der Waals surface area contributed by atoms with Gasteiger partial charge in [0.15, 0.2) is 0 Å². The van der Waals surface area contributed by atoms with Crippen LogP contribution in [-0.4, -0.2) is 0 Å². The zero-order valence-corrected chi connectivity index (χ0v) is 15.4. The molecule has 0 heteroatoms. The van der Waals surface area contributed by atoms with E-state index < -0.39 is 0 Å². The van der Waals surface area contributed by atoms with Crippen LogP contribution in [0.2, 0.25) is 0 Å². The van der Waals surface area contributed by atoms with Gasteiger partial charge in [0.25, 0.3) is 0 Å². The van der Waals surface area contributed by atoms with E-state index in [1.807, 2.05) is 0 Å². The van der Waals surface area contributed by atoms with Crippen molar-refractivity contribution in [3.05, 3.63) is 103 Å². The molecule has 0 heterocycles. The second-order valence-corrected chi connectivity index (χ2v) is 7.62. The SMILES string of the molecule is CC1(C)CC=CC=C1c1ccc(-c2ccc(-c3ccccc3)cc2)cc1. The van der Waals surface area contributed by atoms with Crippen LogP contribution in [0.1, 0.15) is 25.8 Å². The summed E-state index contributed by atoms with van der Waals surface area (Å²) < 4.78 is 0. The molecule has 0 fully saturated rings. The molecule has 0 radical (unpaired) electrons. The van der Waals surface area contributed by atoms with Crippen LogP contribution >= 0.6 is 0 Å². The van der Waals surface area contributed by atoms with Crippen molar-refractivity contribution >= 4 is 5.57 Å². The first kappa shape index (κ1) is 16.6. The van der Waals surface area contributed by atoms with Crippen molar-refractivity contribution in [2.75, 3.05) is 0 Å². The van der Waals surface area contributed by atoms with E-state index in [9.17, 15) is 0 Å². The van der Waals surface area contributed by atoms with E-state index in [-0.39, 0.29) is 5.41 Å². The molecular formula is C26H24. The van der Waals surface area contributed by atoms with E-state index in [1.54, 1.807) is 0 Å². The van der Waals surface area contributed by atoms with Gasteiger partial charge in [-0.3, -0.25) is 0 Å². The Hall–Kier alpha value is -2.86. The fraction of sp³-hybridized carbons (Fsp3) is 0.154. The Morgan fingerprint density at radius 2 is 1.04 bits per heavy atom. The van der Waals surface area contributed by atoms with Gasteiger partial charge >= 0.3 is 0 Å². The van der Waals surface area contributed by atoms with Gasteiger partial charge in [-0.2, -0.15) is 0 Å². The number of hydrogen-bond donors (Lipinski definition) is 0. The first-order chi connectivity index (χ1) is 12.6. The van der Waals surface area contributed by atoms with Gasteiger partial charge < -0.3 is 0 Å². The normalized spacial score (nSPS) is 15.5. The summed E-state index contributed by atoms with van der Waals surface area (Å²) in [4.78, 5) is 0. The van der Waals surface area contributed by atoms with Crippen molar-refractivity contribution < 1.29 is 0 Å². The highest BCUT2D eigenvalue weighted by Crippen LogP contribution is 2.40. The molecule has 3 aromatic rings. The molecule has 1 aliphatic carbocycles. The summed E-state index contributed by atoms with van der Waals surface area (Å²) in [7, 11) is 0. The monoisotopic (exact) mass is 336 g/mol. The van der Waals surface area contributed by atoms with Crippen LogP contribution in [0.4, 0.5) is 0 Å². The van der Waals surface area contributed by atoms with Crippen molar-refractivity contribution in [2.45, 2.75) is 20.3 Å². The molecule has 4 rings (SSSR count). The summed E-state index contributed by atoms with van der Waals surface area (Å²) in [6.07, 6.45) is 7.79. The van der Waals surface area contributed by atoms with E-state index in [1.165, 1.54) is 33.4 Å². The molecular weight excluding hydrogens is 312 g/mol. The molecule has 3 aromatic carbocycles. The largest absolute Gasteiger partial charge is 0.0837 e. The maximum Gasteiger partial charge on any atom is -0.00631 e. The van der Waals surface area contributed by atoms with Crippen molar-refractivity contribution in [3.63, 3.8) is 0 Å². The van der Waals surface area contributed by atoms with Gasteiger partial charge in [0.05, 0.1) is 0 Å². The number of rotatable bonds is 3. The maximum absolute atomic E-state index is 2.32. The number of allylic oxidation sites excluding steroid dienone is 4. The lowest BCUT2D eigenvalue weighted by Crippen LogP contribution is -2.14. The summed E-state index contributed by atoms with van der Waals surface area (Å²) in [5.74, 6) is 0. The van der Waals surface area contributed by atoms with E-state index in [4.69, 9.17) is 0 Å². The van der Waals surface area contributed by atoms with Gasteiger partial charge in [-0.05, 0) is 45.2 Å². The summed E-state index contributed by atoms with van der Waals surface area (Å²) >= 11 is 0. The third-order valence-corrected chi connectivity index (χ3v) is 5.28. The second-order valence-electron chi connectivity index (χ2n) is 7.62. The molecule has 0 bridgehead atoms. The summed E-state index contributed by atoms with van der Waals surface area (Å²) in [6, 6.07) is 28.3. The Bertz CT molecular complexity index is 937. The molecule has 0 aliphatic heterocycles. The first-order valence-electron chi connectivity index (χ1n) is 9.27. The van der Waals surface area contributed by atoms with Gasteiger partial charge in [0.1, 0.15) is 0 Å². The Morgan fingerprint density at radius 1 is 0.577 bits per heavy atom. The lowest BCUT2D eigenvalue weighted by atomic mass is 9.75. The first-order valence-corrected chi connectivity index (χ1v) is 9.27. The lowest BCUT2D eigenvalue weighted by Gasteiger charge is -2.29. The Balaban J connectivity index is 1.59. The quantitative estimate of drug-likeness (QED) is 0.468. The highest BCUT2D eigenvalue weighted by Gasteiger charge is 2.24. The van der Waals surface area contributed by atoms with Crippen molar-refractivity contribution in [1.29, 1.82) is 0 Å². The third kappa shape index (κ3) is 3.28. The standard InChI is InChI=1S/C26H24/c1-26(2)19-7-6-10-25(26)24-17-15-23(16-18-24)22-13-11-21(12-14-22)20-8-4-3-5-9-20/h3-18H,19H2,1-2H3. The fourth-order valence-electron chi connectivity index (χ4n) is 3.68. The number of benzene rings is 3. The second kappa shape index (κ2) is 6.80. The van der Waals surface area contributed by atoms with Gasteiger partial charge in [-0.1, -0.05) is 111 Å². The van der Waals surface area contributed by atoms with E-state index >= 15 is 0 Å². The fourth-order valence-corrected chi connectivity index (χ4v) is 3.68. The summed E-state index contributed by atoms with van der Waals surface area (Å²) in [5.41, 5.74) is 7.98. The van der Waals surface area contributed by atoms with E-state index in [2.05, 4.69) is 111 Å². The predicted octanol–water partition coefficient (Wildman–Crippen LogP) is 7.39. The van der Waals surface area contributed by atoms with Crippen LogP contribution in [0.5, 0.6) is 0 Å². The van der Waals surface area contributed by atoms with Gasteiger partial charge in [0, 0.05) is 0 Å². The zero-order chi connectivity index (χ0) is 18.0. The number of hydrogen-bond acceptors (Lipinski definition) is 0. The molecule has 0 saturated heterocycles. The van der Waals surface area contributed by atoms with Gasteiger partial charge in [-0.25, -0.2) is 0 Å². The molecule has 0 aromatic heterocycles. The van der Waals surface area contributed by atoms with Crippen molar-refractivity contribution in [3.8, 4) is 22.3 Å². The Kier molecular flexibility index (Phi) is 4.34. The lowest BCUT2D eigenvalue weighted by molar-refractivity contribution is 0.506. The molecule has 0 unspecified atom stereocenters. The van der Waals surface area contributed by atoms with Gasteiger partial charge in [0.2, 0.25) is 0 Å². The van der Waals surface area contributed by atoms with Crippen molar-refractivity contribution in [1.82, 2.24) is 0 Å². The molecule has 0 spiro atoms. The zero-order valence-electron chi connectivity index (χ0n) is 15.4. The minimum absolute atomic E-state index is 0.202. The van der Waals surface area contributed by atoms with Crippen LogP contribution in [0, 0.1) is 5.41 Å². The van der Waals surface area contributed by atoms with E-state index in [0.717, 1.165) is 6.42 Å². The highest BCUT2D eigenvalue weighted by molar-refractivity contribution is 5.76. The highest BCUT2D eigenvalue weighted by atomic mass is 14.3. The average Bonchev–Trinajstić information content (AvgIpc) is 2.69. The summed E-state index contributed by atoms with van der Waals surface area (Å²) in [5, 5.41) is 0. The topological polar surface area (TPSA) is 0 Å². The molecule has 0 amide bonds. The minimum atomic E-state index is 0.202. The van der Waals surface area contributed by atoms with Crippen molar-refractivity contribution in [2.24, 2.45) is 5.41 Å². The van der Waals surface area contributed by atoms with Crippen LogP contribution in [0.3, 0.4) is 0 Å². The molecule has 0 atom stereocenters. The third-order valence-electron chi connectivity index (χ3n) is 5.28. The molecule has 1 aliphatic rings. The smallest absolute Gasteiger partial charge is 0.00631 e. The van der Waals surface area contributed by atoms with Crippen LogP contribution < -0.4 is 0 Å². The minimum Gasteiger partial charge on any atom is -0.0837 e. The predicted molar refractivity (Wildman–Crippen MR) is 113 cm³/mol. The molecule has 128 valence electrons. The Morgan fingerprint density at radius 3 is 1.54 bits per heavy atom. The van der Waals surface area contributed by atoms with E-state index in [0.29, 0.717) is 0 Å². The molecule has 0 nitrogen and oxygen atoms in total. The molecule has 26 heavy (non-hydrogen) atoms. The molecule has 0 N–H and O–H groups in total. The maximum atomic E-state index is 2.32.